The van der Waals surface area contributed by atoms with Crippen molar-refractivity contribution in [3.05, 3.63) is 30.1 Å². The molecule has 2 aliphatic heterocycles. The fourth-order valence-corrected chi connectivity index (χ4v) is 5.77. The van der Waals surface area contributed by atoms with Crippen molar-refractivity contribution in [2.24, 2.45) is 17.3 Å². The molecule has 2 fully saturated rings. The van der Waals surface area contributed by atoms with Crippen molar-refractivity contribution in [3.63, 3.8) is 0 Å². The van der Waals surface area contributed by atoms with Crippen molar-refractivity contribution in [1.82, 2.24) is 24.7 Å². The van der Waals surface area contributed by atoms with Crippen LogP contribution in [0.3, 0.4) is 0 Å². The Balaban J connectivity index is 1.75. The number of piperidine rings is 1. The zero-order valence-corrected chi connectivity index (χ0v) is 22.4. The number of nitrogens with zero attached hydrogens (tertiary/aromatic N) is 4. The Morgan fingerprint density at radius 1 is 1.19 bits per heavy atom. The van der Waals surface area contributed by atoms with Gasteiger partial charge in [0.05, 0.1) is 42.2 Å². The predicted molar refractivity (Wildman–Crippen MR) is 139 cm³/mol. The maximum atomic E-state index is 14.0. The number of likely N-dealkylation sites (tertiary alicyclic amines) is 1. The van der Waals surface area contributed by atoms with Crippen molar-refractivity contribution in [2.45, 2.75) is 53.1 Å². The van der Waals surface area contributed by atoms with Crippen LogP contribution in [0.5, 0.6) is 0 Å². The fraction of sp³-hybridized carbons (Fsp3) is 0.630. The normalized spacial score (nSPS) is 22.9. The van der Waals surface area contributed by atoms with Gasteiger partial charge in [0.25, 0.3) is 5.91 Å². The predicted octanol–water partition coefficient (Wildman–Crippen LogP) is 3.30. The summed E-state index contributed by atoms with van der Waals surface area (Å²) in [5, 5.41) is 10.3. The Kier molecular flexibility index (Phi) is 7.77. The van der Waals surface area contributed by atoms with Crippen LogP contribution in [-0.2, 0) is 9.53 Å². The smallest absolute Gasteiger partial charge is 0.407 e. The number of aromatic nitrogens is 2. The van der Waals surface area contributed by atoms with Crippen LogP contribution in [0, 0.1) is 17.3 Å². The molecule has 10 heteroatoms. The minimum Gasteiger partial charge on any atom is -0.465 e. The number of rotatable bonds is 5. The van der Waals surface area contributed by atoms with Crippen LogP contribution < -0.4 is 0 Å². The van der Waals surface area contributed by atoms with E-state index in [1.165, 1.54) is 4.90 Å². The summed E-state index contributed by atoms with van der Waals surface area (Å²) in [7, 11) is 0. The first-order chi connectivity index (χ1) is 17.5. The van der Waals surface area contributed by atoms with Gasteiger partial charge in [-0.15, -0.1) is 0 Å². The number of benzene rings is 1. The SMILES string of the molecule is CC(C)CN(C(=O)c1nc2ccccc2[nH]1)[C@H]1C[C@@H](C(=O)N2CCOCC2)CN(C(=O)O)C1C(C)(C)C. The van der Waals surface area contributed by atoms with Crippen LogP contribution >= 0.6 is 0 Å². The summed E-state index contributed by atoms with van der Waals surface area (Å²) >= 11 is 0. The lowest BCUT2D eigenvalue weighted by molar-refractivity contribution is -0.144. The molecule has 2 aromatic rings. The van der Waals surface area contributed by atoms with Crippen molar-refractivity contribution in [3.8, 4) is 0 Å². The number of imidazole rings is 1. The molecule has 4 rings (SSSR count). The van der Waals surface area contributed by atoms with E-state index in [1.807, 2.05) is 58.9 Å². The quantitative estimate of drug-likeness (QED) is 0.633. The van der Waals surface area contributed by atoms with E-state index >= 15 is 0 Å². The number of hydrogen-bond donors (Lipinski definition) is 2. The number of amides is 3. The van der Waals surface area contributed by atoms with Crippen molar-refractivity contribution >= 4 is 28.9 Å². The van der Waals surface area contributed by atoms with Crippen molar-refractivity contribution in [2.75, 3.05) is 39.4 Å². The van der Waals surface area contributed by atoms with Gasteiger partial charge in [0.1, 0.15) is 0 Å². The molecule has 1 unspecified atom stereocenters. The van der Waals surface area contributed by atoms with Crippen LogP contribution in [0.2, 0.25) is 0 Å². The lowest BCUT2D eigenvalue weighted by atomic mass is 9.74. The average molecular weight is 514 g/mol. The molecule has 2 N–H and O–H groups in total. The second kappa shape index (κ2) is 10.7. The molecule has 0 radical (unpaired) electrons. The van der Waals surface area contributed by atoms with Gasteiger partial charge in [-0.25, -0.2) is 9.78 Å². The molecule has 2 saturated heterocycles. The number of carbonyl (C=O) groups is 3. The number of carbonyl (C=O) groups excluding carboxylic acids is 2. The third-order valence-electron chi connectivity index (χ3n) is 7.26. The van der Waals surface area contributed by atoms with Crippen LogP contribution in [0.1, 0.15) is 51.7 Å². The highest BCUT2D eigenvalue weighted by Gasteiger charge is 2.50. The summed E-state index contributed by atoms with van der Waals surface area (Å²) in [5.41, 5.74) is 0.983. The standard InChI is InChI=1S/C27H39N5O5/c1-17(2)15-31(25(34)23-28-19-8-6-7-9-20(19)29-23)21-14-18(24(33)30-10-12-37-13-11-30)16-32(26(35)36)22(21)27(3,4)5/h6-9,17-18,21-22H,10-16H2,1-5H3,(H,28,29)(H,35,36)/t18-,21+,22?/m1/s1. The second-order valence-corrected chi connectivity index (χ2v) is 11.6. The van der Waals surface area contributed by atoms with Gasteiger partial charge in [0.2, 0.25) is 5.91 Å². The molecule has 2 aliphatic rings. The first kappa shape index (κ1) is 26.9. The van der Waals surface area contributed by atoms with Gasteiger partial charge >= 0.3 is 6.09 Å². The van der Waals surface area contributed by atoms with Crippen molar-refractivity contribution < 1.29 is 24.2 Å². The number of carboxylic acid groups (broad SMARTS) is 1. The number of aromatic amines is 1. The van der Waals surface area contributed by atoms with E-state index in [-0.39, 0.29) is 30.1 Å². The van der Waals surface area contributed by atoms with Gasteiger partial charge < -0.3 is 29.5 Å². The molecule has 202 valence electrons. The number of morpholine rings is 1. The van der Waals surface area contributed by atoms with Gasteiger partial charge in [0.15, 0.2) is 5.82 Å². The van der Waals surface area contributed by atoms with E-state index in [1.54, 1.807) is 9.80 Å². The highest BCUT2D eigenvalue weighted by atomic mass is 16.5. The topological polar surface area (TPSA) is 119 Å². The first-order valence-corrected chi connectivity index (χ1v) is 13.1. The molecule has 0 bridgehead atoms. The molecule has 3 amide bonds. The second-order valence-electron chi connectivity index (χ2n) is 11.6. The summed E-state index contributed by atoms with van der Waals surface area (Å²) in [4.78, 5) is 52.7. The highest BCUT2D eigenvalue weighted by Crippen LogP contribution is 2.38. The molecule has 10 nitrogen and oxygen atoms in total. The molecule has 0 aliphatic carbocycles. The third-order valence-corrected chi connectivity index (χ3v) is 7.26. The van der Waals surface area contributed by atoms with E-state index in [0.717, 1.165) is 5.52 Å². The Morgan fingerprint density at radius 3 is 2.46 bits per heavy atom. The van der Waals surface area contributed by atoms with E-state index in [4.69, 9.17) is 4.74 Å². The van der Waals surface area contributed by atoms with Crippen LogP contribution in [-0.4, -0.2) is 99.2 Å². The number of para-hydroxylation sites is 2. The van der Waals surface area contributed by atoms with E-state index < -0.39 is 29.5 Å². The van der Waals surface area contributed by atoms with Crippen LogP contribution in [0.4, 0.5) is 4.79 Å². The molecule has 0 spiro atoms. The van der Waals surface area contributed by atoms with Crippen molar-refractivity contribution in [1.29, 1.82) is 0 Å². The molecular weight excluding hydrogens is 474 g/mol. The summed E-state index contributed by atoms with van der Waals surface area (Å²) in [6.07, 6.45) is -0.689. The number of hydrogen-bond acceptors (Lipinski definition) is 5. The number of H-pyrrole nitrogens is 1. The molecule has 3 heterocycles. The molecule has 1 aromatic heterocycles. The van der Waals surface area contributed by atoms with Gasteiger partial charge in [-0.1, -0.05) is 46.8 Å². The summed E-state index contributed by atoms with van der Waals surface area (Å²) < 4.78 is 5.41. The largest absolute Gasteiger partial charge is 0.465 e. The average Bonchev–Trinajstić information content (AvgIpc) is 3.30. The Morgan fingerprint density at radius 2 is 1.86 bits per heavy atom. The highest BCUT2D eigenvalue weighted by molar-refractivity contribution is 5.94. The van der Waals surface area contributed by atoms with Gasteiger partial charge in [-0.05, 0) is 29.9 Å². The third kappa shape index (κ3) is 5.74. The number of fused-ring (bicyclic) bond motifs is 1. The minimum absolute atomic E-state index is 0.0763. The monoisotopic (exact) mass is 513 g/mol. The van der Waals surface area contributed by atoms with Gasteiger partial charge in [-0.2, -0.15) is 0 Å². The maximum absolute atomic E-state index is 14.0. The lowest BCUT2D eigenvalue weighted by Gasteiger charge is -2.52. The maximum Gasteiger partial charge on any atom is 0.407 e. The Labute approximate surface area is 218 Å². The lowest BCUT2D eigenvalue weighted by Crippen LogP contribution is -2.66. The van der Waals surface area contributed by atoms with E-state index in [9.17, 15) is 19.5 Å². The van der Waals surface area contributed by atoms with Gasteiger partial charge in [-0.3, -0.25) is 9.59 Å². The fourth-order valence-electron chi connectivity index (χ4n) is 5.77. The minimum atomic E-state index is -1.08. The molecule has 1 aromatic carbocycles. The molecular formula is C27H39N5O5. The van der Waals surface area contributed by atoms with Crippen LogP contribution in [0.25, 0.3) is 11.0 Å². The van der Waals surface area contributed by atoms with E-state index in [0.29, 0.717) is 44.8 Å². The number of ether oxygens (including phenoxy) is 1. The van der Waals surface area contributed by atoms with Gasteiger partial charge in [0, 0.05) is 26.2 Å². The summed E-state index contributed by atoms with van der Waals surface area (Å²) in [6, 6.07) is 6.47. The number of nitrogens with one attached hydrogen (secondary N) is 1. The first-order valence-electron chi connectivity index (χ1n) is 13.1. The van der Waals surface area contributed by atoms with E-state index in [2.05, 4.69) is 9.97 Å². The van der Waals surface area contributed by atoms with Crippen LogP contribution in [0.15, 0.2) is 24.3 Å². The molecule has 0 saturated carbocycles. The Bertz CT molecular complexity index is 1100. The Hall–Kier alpha value is -3.14. The zero-order chi connectivity index (χ0) is 26.9. The summed E-state index contributed by atoms with van der Waals surface area (Å²) in [6.45, 7) is 12.5. The molecule has 3 atom stereocenters. The summed E-state index contributed by atoms with van der Waals surface area (Å²) in [5.74, 6) is -0.557. The molecule has 37 heavy (non-hydrogen) atoms. The zero-order valence-electron chi connectivity index (χ0n) is 22.4.